The van der Waals surface area contributed by atoms with E-state index in [0.717, 1.165) is 12.3 Å². The molecule has 1 aromatic rings. The lowest BCUT2D eigenvalue weighted by atomic mass is 10.1. The van der Waals surface area contributed by atoms with Crippen molar-refractivity contribution in [3.05, 3.63) is 24.4 Å². The van der Waals surface area contributed by atoms with Crippen LogP contribution >= 0.6 is 0 Å². The normalized spacial score (nSPS) is 12.4. The molecule has 0 radical (unpaired) electrons. The van der Waals surface area contributed by atoms with Gasteiger partial charge in [-0.25, -0.2) is 4.98 Å². The number of nitrogens with zero attached hydrogens (tertiary/aromatic N) is 1. The van der Waals surface area contributed by atoms with Gasteiger partial charge in [0, 0.05) is 12.3 Å². The van der Waals surface area contributed by atoms with Gasteiger partial charge in [0.1, 0.15) is 0 Å². The van der Waals surface area contributed by atoms with E-state index in [1.165, 1.54) is 25.7 Å². The maximum atomic E-state index is 5.68. The Balaban J connectivity index is 2.16. The summed E-state index contributed by atoms with van der Waals surface area (Å²) in [5.74, 6) is 0.737. The summed E-state index contributed by atoms with van der Waals surface area (Å²) >= 11 is 0. The minimum absolute atomic E-state index is 0.275. The first-order chi connectivity index (χ1) is 7.33. The number of hydrogen-bond donors (Lipinski definition) is 0. The largest absolute Gasteiger partial charge is 0.475 e. The molecule has 0 spiro atoms. The monoisotopic (exact) mass is 207 g/mol. The predicted octanol–water partition coefficient (Wildman–Crippen LogP) is 3.82. The third-order valence-electron chi connectivity index (χ3n) is 2.42. The van der Waals surface area contributed by atoms with E-state index in [9.17, 15) is 0 Å². The lowest BCUT2D eigenvalue weighted by Gasteiger charge is -2.13. The molecule has 0 amide bonds. The highest BCUT2D eigenvalue weighted by Crippen LogP contribution is 2.11. The summed E-state index contributed by atoms with van der Waals surface area (Å²) in [6.45, 7) is 4.34. The van der Waals surface area contributed by atoms with Crippen molar-refractivity contribution in [2.45, 2.75) is 52.1 Å². The van der Waals surface area contributed by atoms with Crippen LogP contribution in [0.2, 0.25) is 0 Å². The van der Waals surface area contributed by atoms with Crippen molar-refractivity contribution < 1.29 is 4.74 Å². The van der Waals surface area contributed by atoms with Crippen LogP contribution in [0, 0.1) is 0 Å². The number of hydrogen-bond acceptors (Lipinski definition) is 2. The Morgan fingerprint density at radius 2 is 2.13 bits per heavy atom. The number of aromatic nitrogens is 1. The Morgan fingerprint density at radius 1 is 1.27 bits per heavy atom. The summed E-state index contributed by atoms with van der Waals surface area (Å²) in [6, 6.07) is 5.76. The van der Waals surface area contributed by atoms with E-state index in [1.807, 2.05) is 18.2 Å². The molecule has 1 rings (SSSR count). The second kappa shape index (κ2) is 7.27. The molecule has 1 atom stereocenters. The maximum absolute atomic E-state index is 5.68. The summed E-state index contributed by atoms with van der Waals surface area (Å²) in [4.78, 5) is 4.14. The van der Waals surface area contributed by atoms with Crippen molar-refractivity contribution in [1.82, 2.24) is 4.98 Å². The predicted molar refractivity (Wildman–Crippen MR) is 63.1 cm³/mol. The van der Waals surface area contributed by atoms with Crippen LogP contribution in [-0.2, 0) is 0 Å². The van der Waals surface area contributed by atoms with Crippen LogP contribution in [-0.4, -0.2) is 11.1 Å². The van der Waals surface area contributed by atoms with E-state index in [2.05, 4.69) is 18.8 Å². The Labute approximate surface area is 92.7 Å². The molecule has 0 aliphatic rings. The lowest BCUT2D eigenvalue weighted by Crippen LogP contribution is -2.12. The van der Waals surface area contributed by atoms with Crippen molar-refractivity contribution in [2.24, 2.45) is 0 Å². The number of pyridine rings is 1. The van der Waals surface area contributed by atoms with Gasteiger partial charge in [-0.2, -0.15) is 0 Å². The van der Waals surface area contributed by atoms with Gasteiger partial charge in [-0.05, 0) is 25.8 Å². The minimum atomic E-state index is 0.275. The van der Waals surface area contributed by atoms with Gasteiger partial charge in [0.2, 0.25) is 5.88 Å². The van der Waals surface area contributed by atoms with Crippen molar-refractivity contribution in [3.63, 3.8) is 0 Å². The van der Waals surface area contributed by atoms with Gasteiger partial charge < -0.3 is 4.74 Å². The number of ether oxygens (including phenoxy) is 1. The smallest absolute Gasteiger partial charge is 0.213 e. The van der Waals surface area contributed by atoms with Crippen LogP contribution in [0.4, 0.5) is 0 Å². The minimum Gasteiger partial charge on any atom is -0.475 e. The van der Waals surface area contributed by atoms with E-state index in [1.54, 1.807) is 6.20 Å². The fraction of sp³-hybridized carbons (Fsp3) is 0.615. The average molecular weight is 207 g/mol. The molecule has 84 valence electrons. The fourth-order valence-corrected chi connectivity index (χ4v) is 1.54. The summed E-state index contributed by atoms with van der Waals surface area (Å²) in [5, 5.41) is 0. The third-order valence-corrected chi connectivity index (χ3v) is 2.42. The Morgan fingerprint density at radius 3 is 2.80 bits per heavy atom. The van der Waals surface area contributed by atoms with Gasteiger partial charge >= 0.3 is 0 Å². The molecule has 0 unspecified atom stereocenters. The topological polar surface area (TPSA) is 22.1 Å². The van der Waals surface area contributed by atoms with Gasteiger partial charge in [0.05, 0.1) is 6.10 Å². The van der Waals surface area contributed by atoms with Crippen molar-refractivity contribution in [3.8, 4) is 5.88 Å². The molecule has 1 aromatic heterocycles. The van der Waals surface area contributed by atoms with Crippen LogP contribution in [0.5, 0.6) is 5.88 Å². The van der Waals surface area contributed by atoms with Gasteiger partial charge in [0.15, 0.2) is 0 Å². The Bertz CT molecular complexity index is 248. The quantitative estimate of drug-likeness (QED) is 0.634. The molecule has 2 heteroatoms. The molecule has 0 saturated carbocycles. The Hall–Kier alpha value is -1.05. The summed E-state index contributed by atoms with van der Waals surface area (Å²) < 4.78 is 5.68. The fourth-order valence-electron chi connectivity index (χ4n) is 1.54. The first-order valence-electron chi connectivity index (χ1n) is 5.90. The van der Waals surface area contributed by atoms with E-state index < -0.39 is 0 Å². The lowest BCUT2D eigenvalue weighted by molar-refractivity contribution is 0.198. The zero-order chi connectivity index (χ0) is 10.9. The van der Waals surface area contributed by atoms with Gasteiger partial charge in [-0.15, -0.1) is 0 Å². The second-order valence-corrected chi connectivity index (χ2v) is 3.95. The molecule has 0 bridgehead atoms. The molecule has 0 aliphatic heterocycles. The standard InChI is InChI=1S/C13H21NO/c1-3-4-5-6-9-12(2)15-13-10-7-8-11-14-13/h7-8,10-12H,3-6,9H2,1-2H3/t12-/m1/s1. The number of unbranched alkanes of at least 4 members (excludes halogenated alkanes) is 3. The van der Waals surface area contributed by atoms with E-state index in [0.29, 0.717) is 0 Å². The summed E-state index contributed by atoms with van der Waals surface area (Å²) in [7, 11) is 0. The van der Waals surface area contributed by atoms with Crippen LogP contribution < -0.4 is 4.74 Å². The molecular weight excluding hydrogens is 186 g/mol. The van der Waals surface area contributed by atoms with Crippen molar-refractivity contribution in [1.29, 1.82) is 0 Å². The zero-order valence-corrected chi connectivity index (χ0v) is 9.78. The van der Waals surface area contributed by atoms with Gasteiger partial charge in [0.25, 0.3) is 0 Å². The van der Waals surface area contributed by atoms with Gasteiger partial charge in [-0.1, -0.05) is 32.3 Å². The molecule has 2 nitrogen and oxygen atoms in total. The highest BCUT2D eigenvalue weighted by Gasteiger charge is 2.03. The van der Waals surface area contributed by atoms with E-state index >= 15 is 0 Å². The van der Waals surface area contributed by atoms with Gasteiger partial charge in [-0.3, -0.25) is 0 Å². The zero-order valence-electron chi connectivity index (χ0n) is 9.78. The highest BCUT2D eigenvalue weighted by atomic mass is 16.5. The van der Waals surface area contributed by atoms with Crippen molar-refractivity contribution in [2.75, 3.05) is 0 Å². The number of rotatable bonds is 7. The maximum Gasteiger partial charge on any atom is 0.213 e. The molecule has 0 saturated heterocycles. The van der Waals surface area contributed by atoms with E-state index in [4.69, 9.17) is 4.74 Å². The SMILES string of the molecule is CCCCCC[C@@H](C)Oc1ccccn1. The van der Waals surface area contributed by atoms with E-state index in [-0.39, 0.29) is 6.10 Å². The molecular formula is C13H21NO. The van der Waals surface area contributed by atoms with Crippen LogP contribution in [0.3, 0.4) is 0 Å². The summed E-state index contributed by atoms with van der Waals surface area (Å²) in [5.41, 5.74) is 0. The third kappa shape index (κ3) is 5.40. The van der Waals surface area contributed by atoms with Crippen LogP contribution in [0.25, 0.3) is 0 Å². The molecule has 1 heterocycles. The first-order valence-corrected chi connectivity index (χ1v) is 5.90. The molecule has 15 heavy (non-hydrogen) atoms. The van der Waals surface area contributed by atoms with Crippen LogP contribution in [0.15, 0.2) is 24.4 Å². The second-order valence-electron chi connectivity index (χ2n) is 3.95. The molecule has 0 aromatic carbocycles. The molecule has 0 aliphatic carbocycles. The first kappa shape index (κ1) is 12.0. The molecule has 0 fully saturated rings. The highest BCUT2D eigenvalue weighted by molar-refractivity contribution is 5.09. The van der Waals surface area contributed by atoms with Crippen LogP contribution in [0.1, 0.15) is 46.0 Å². The Kier molecular flexibility index (Phi) is 5.83. The molecule has 0 N–H and O–H groups in total. The van der Waals surface area contributed by atoms with Crippen molar-refractivity contribution >= 4 is 0 Å². The average Bonchev–Trinajstić information content (AvgIpc) is 2.26. The summed E-state index contributed by atoms with van der Waals surface area (Å²) in [6.07, 6.45) is 8.34.